The highest BCUT2D eigenvalue weighted by molar-refractivity contribution is 6.36. The molecule has 1 aromatic carbocycles. The number of hydrogen-bond acceptors (Lipinski definition) is 1. The maximum Gasteiger partial charge on any atom is 0.151 e. The minimum absolute atomic E-state index is 0.484. The predicted molar refractivity (Wildman–Crippen MR) is 56.0 cm³/mol. The number of halogens is 2. The Morgan fingerprint density at radius 1 is 1.31 bits per heavy atom. The number of rotatable bonds is 2. The fourth-order valence-electron chi connectivity index (χ4n) is 0.978. The van der Waals surface area contributed by atoms with E-state index in [1.54, 1.807) is 31.2 Å². The number of carbonyl (C=O) groups excluding carboxylic acids is 1. The van der Waals surface area contributed by atoms with E-state index in [1.807, 2.05) is 0 Å². The van der Waals surface area contributed by atoms with Crippen molar-refractivity contribution >= 4 is 35.1 Å². The minimum Gasteiger partial charge on any atom is -0.298 e. The molecule has 0 fully saturated rings. The molecule has 0 N–H and O–H groups in total. The quantitative estimate of drug-likeness (QED) is 0.545. The summed E-state index contributed by atoms with van der Waals surface area (Å²) in [4.78, 5) is 10.7. The molecule has 0 aromatic heterocycles. The number of aldehydes is 1. The first-order valence-corrected chi connectivity index (χ1v) is 4.48. The zero-order valence-electron chi connectivity index (χ0n) is 7.05. The second-order valence-corrected chi connectivity index (χ2v) is 3.58. The van der Waals surface area contributed by atoms with Gasteiger partial charge in [-0.05, 0) is 24.6 Å². The Morgan fingerprint density at radius 3 is 2.23 bits per heavy atom. The molecule has 3 heteroatoms. The van der Waals surface area contributed by atoms with Gasteiger partial charge in [0.2, 0.25) is 0 Å². The van der Waals surface area contributed by atoms with Crippen molar-refractivity contribution in [2.24, 2.45) is 0 Å². The van der Waals surface area contributed by atoms with Crippen molar-refractivity contribution in [3.05, 3.63) is 39.9 Å². The molecule has 0 amide bonds. The highest BCUT2D eigenvalue weighted by atomic mass is 35.5. The Kier molecular flexibility index (Phi) is 3.52. The summed E-state index contributed by atoms with van der Waals surface area (Å²) in [5, 5.41) is 1.12. The smallest absolute Gasteiger partial charge is 0.151 e. The van der Waals surface area contributed by atoms with Crippen LogP contribution in [0.1, 0.15) is 12.5 Å². The average molecular weight is 215 g/mol. The van der Waals surface area contributed by atoms with E-state index in [0.717, 1.165) is 11.8 Å². The van der Waals surface area contributed by atoms with E-state index < -0.39 is 0 Å². The lowest BCUT2D eigenvalue weighted by molar-refractivity contribution is -0.103. The van der Waals surface area contributed by atoms with Gasteiger partial charge in [0.05, 0.1) is 0 Å². The highest BCUT2D eigenvalue weighted by Gasteiger charge is 2.02. The molecular formula is C10H8Cl2O. The molecule has 1 aromatic rings. The van der Waals surface area contributed by atoms with Crippen molar-refractivity contribution in [2.75, 3.05) is 0 Å². The highest BCUT2D eigenvalue weighted by Crippen LogP contribution is 2.20. The first kappa shape index (κ1) is 10.3. The number of allylic oxidation sites excluding steroid dienone is 2. The van der Waals surface area contributed by atoms with Gasteiger partial charge in [0, 0.05) is 15.6 Å². The van der Waals surface area contributed by atoms with Crippen LogP contribution in [0.25, 0.3) is 5.57 Å². The Hall–Kier alpha value is -0.790. The van der Waals surface area contributed by atoms with Gasteiger partial charge in [-0.15, -0.1) is 0 Å². The number of hydrogen-bond donors (Lipinski definition) is 0. The maximum atomic E-state index is 10.7. The molecule has 1 rings (SSSR count). The minimum atomic E-state index is 0.484. The van der Waals surface area contributed by atoms with Crippen molar-refractivity contribution in [3.8, 4) is 0 Å². The van der Waals surface area contributed by atoms with Gasteiger partial charge in [-0.1, -0.05) is 35.3 Å². The molecule has 13 heavy (non-hydrogen) atoms. The zero-order valence-corrected chi connectivity index (χ0v) is 8.56. The molecule has 68 valence electrons. The van der Waals surface area contributed by atoms with Gasteiger partial charge in [-0.25, -0.2) is 0 Å². The summed E-state index contributed by atoms with van der Waals surface area (Å²) < 4.78 is 0. The van der Waals surface area contributed by atoms with E-state index >= 15 is 0 Å². The molecule has 0 aliphatic rings. The van der Waals surface area contributed by atoms with Crippen LogP contribution < -0.4 is 0 Å². The van der Waals surface area contributed by atoms with Crippen LogP contribution in [0.15, 0.2) is 29.3 Å². The maximum absolute atomic E-state index is 10.7. The largest absolute Gasteiger partial charge is 0.298 e. The van der Waals surface area contributed by atoms with E-state index in [4.69, 9.17) is 23.2 Å². The summed E-state index contributed by atoms with van der Waals surface area (Å²) in [6.45, 7) is 1.68. The molecule has 0 saturated carbocycles. The Balaban J connectivity index is 3.15. The van der Waals surface area contributed by atoms with E-state index in [2.05, 4.69) is 0 Å². The van der Waals surface area contributed by atoms with Crippen molar-refractivity contribution in [1.29, 1.82) is 0 Å². The van der Waals surface area contributed by atoms with Crippen LogP contribution in [0.3, 0.4) is 0 Å². The zero-order chi connectivity index (χ0) is 9.84. The molecule has 0 atom stereocenters. The van der Waals surface area contributed by atoms with Crippen molar-refractivity contribution < 1.29 is 4.79 Å². The van der Waals surface area contributed by atoms with Crippen LogP contribution in [0.4, 0.5) is 0 Å². The van der Waals surface area contributed by atoms with Crippen LogP contribution in [0, 0.1) is 0 Å². The second kappa shape index (κ2) is 4.45. The fourth-order valence-corrected chi connectivity index (χ4v) is 1.26. The van der Waals surface area contributed by atoms with Crippen molar-refractivity contribution in [2.45, 2.75) is 6.92 Å². The SMILES string of the molecule is CC(Cl)=C(C=O)c1ccc(Cl)cc1. The van der Waals surface area contributed by atoms with Crippen molar-refractivity contribution in [1.82, 2.24) is 0 Å². The summed E-state index contributed by atoms with van der Waals surface area (Å²) in [5.74, 6) is 0. The second-order valence-electron chi connectivity index (χ2n) is 2.57. The summed E-state index contributed by atoms with van der Waals surface area (Å²) in [6.07, 6.45) is 0.742. The molecule has 0 unspecified atom stereocenters. The Morgan fingerprint density at radius 2 is 1.85 bits per heavy atom. The van der Waals surface area contributed by atoms with E-state index in [1.165, 1.54) is 0 Å². The first-order valence-electron chi connectivity index (χ1n) is 3.72. The standard InChI is InChI=1S/C10H8Cl2O/c1-7(11)10(6-13)8-2-4-9(12)5-3-8/h2-6H,1H3. The molecule has 0 aliphatic carbocycles. The molecule has 1 nitrogen and oxygen atoms in total. The summed E-state index contributed by atoms with van der Waals surface area (Å²) >= 11 is 11.4. The van der Waals surface area contributed by atoms with Gasteiger partial charge in [0.15, 0.2) is 6.29 Å². The van der Waals surface area contributed by atoms with E-state index in [-0.39, 0.29) is 0 Å². The van der Waals surface area contributed by atoms with Crippen LogP contribution in [-0.2, 0) is 4.79 Å². The molecule has 0 spiro atoms. The van der Waals surface area contributed by atoms with Gasteiger partial charge in [-0.3, -0.25) is 4.79 Å². The molecule has 0 radical (unpaired) electrons. The van der Waals surface area contributed by atoms with Gasteiger partial charge < -0.3 is 0 Å². The monoisotopic (exact) mass is 214 g/mol. The fraction of sp³-hybridized carbons (Fsp3) is 0.100. The summed E-state index contributed by atoms with van der Waals surface area (Å²) in [6, 6.07) is 6.97. The third-order valence-electron chi connectivity index (χ3n) is 1.64. The Bertz CT molecular complexity index is 334. The van der Waals surface area contributed by atoms with Crippen LogP contribution in [-0.4, -0.2) is 6.29 Å². The van der Waals surface area contributed by atoms with E-state index in [9.17, 15) is 4.79 Å². The summed E-state index contributed by atoms with van der Waals surface area (Å²) in [5.41, 5.74) is 1.28. The van der Waals surface area contributed by atoms with Gasteiger partial charge >= 0.3 is 0 Å². The van der Waals surface area contributed by atoms with Crippen LogP contribution in [0.2, 0.25) is 5.02 Å². The predicted octanol–water partition coefficient (Wildman–Crippen LogP) is 3.51. The summed E-state index contributed by atoms with van der Waals surface area (Å²) in [7, 11) is 0. The van der Waals surface area contributed by atoms with Crippen LogP contribution >= 0.6 is 23.2 Å². The van der Waals surface area contributed by atoms with Crippen molar-refractivity contribution in [3.63, 3.8) is 0 Å². The lowest BCUT2D eigenvalue weighted by Gasteiger charge is -2.00. The van der Waals surface area contributed by atoms with Gasteiger partial charge in [0.25, 0.3) is 0 Å². The average Bonchev–Trinajstić information content (AvgIpc) is 2.09. The van der Waals surface area contributed by atoms with Gasteiger partial charge in [-0.2, -0.15) is 0 Å². The van der Waals surface area contributed by atoms with E-state index in [0.29, 0.717) is 15.6 Å². The third kappa shape index (κ3) is 2.58. The number of benzene rings is 1. The van der Waals surface area contributed by atoms with Gasteiger partial charge in [0.1, 0.15) is 0 Å². The first-order chi connectivity index (χ1) is 6.15. The molecule has 0 aliphatic heterocycles. The normalized spacial score (nSPS) is 12.2. The Labute approximate surface area is 87.0 Å². The number of carbonyl (C=O) groups is 1. The molecule has 0 heterocycles. The lowest BCUT2D eigenvalue weighted by Crippen LogP contribution is -1.86. The topological polar surface area (TPSA) is 17.1 Å². The third-order valence-corrected chi connectivity index (χ3v) is 2.10. The molecule has 0 saturated heterocycles. The van der Waals surface area contributed by atoms with Crippen LogP contribution in [0.5, 0.6) is 0 Å². The molecular weight excluding hydrogens is 207 g/mol. The molecule has 0 bridgehead atoms. The lowest BCUT2D eigenvalue weighted by atomic mass is 10.1.